The largest absolute Gasteiger partial charge is 0.198 e. The first-order chi connectivity index (χ1) is 9.45. The van der Waals surface area contributed by atoms with Crippen molar-refractivity contribution >= 4 is 16.1 Å². The number of rotatable bonds is 5. The zero-order chi connectivity index (χ0) is 16.7. The van der Waals surface area contributed by atoms with Gasteiger partial charge in [-0.3, -0.25) is 0 Å². The van der Waals surface area contributed by atoms with E-state index in [1.54, 1.807) is 0 Å². The van der Waals surface area contributed by atoms with Gasteiger partial charge in [-0.2, -0.15) is 5.26 Å². The van der Waals surface area contributed by atoms with Gasteiger partial charge in [0.2, 0.25) is 0 Å². The zero-order valence-corrected chi connectivity index (χ0v) is 17.4. The molecule has 0 atom stereocenters. The Morgan fingerprint density at radius 3 is 2.14 bits per heavy atom. The molecule has 0 heterocycles. The van der Waals surface area contributed by atoms with E-state index in [0.29, 0.717) is 6.42 Å². The van der Waals surface area contributed by atoms with E-state index in [9.17, 15) is 0 Å². The highest BCUT2D eigenvalue weighted by Gasteiger charge is 2.33. The fourth-order valence-corrected chi connectivity index (χ4v) is 5.19. The molecule has 0 unspecified atom stereocenters. The van der Waals surface area contributed by atoms with E-state index in [1.807, 2.05) is 0 Å². The Balaban J connectivity index is 5.33. The molecule has 1 nitrogen and oxygen atoms in total. The second-order valence-electron chi connectivity index (χ2n) is 8.22. The van der Waals surface area contributed by atoms with Gasteiger partial charge in [-0.25, -0.2) is 0 Å². The van der Waals surface area contributed by atoms with Crippen LogP contribution in [0.1, 0.15) is 47.0 Å². The summed E-state index contributed by atoms with van der Waals surface area (Å²) in [6.07, 6.45) is 2.99. The van der Waals surface area contributed by atoms with E-state index < -0.39 is 16.1 Å². The lowest BCUT2D eigenvalue weighted by atomic mass is 10.2. The van der Waals surface area contributed by atoms with Gasteiger partial charge in [0.05, 0.1) is 20.6 Å². The van der Waals surface area contributed by atoms with Crippen LogP contribution in [0.15, 0.2) is 11.3 Å². The summed E-state index contributed by atoms with van der Waals surface area (Å²) in [6.45, 7) is 18.5. The molecule has 0 aliphatic heterocycles. The van der Waals surface area contributed by atoms with Crippen LogP contribution in [0.25, 0.3) is 0 Å². The topological polar surface area (TPSA) is 23.8 Å². The summed E-state index contributed by atoms with van der Waals surface area (Å²) in [4.78, 5) is 0. The van der Waals surface area contributed by atoms with Crippen molar-refractivity contribution in [3.05, 3.63) is 11.3 Å². The molecule has 0 saturated carbocycles. The van der Waals surface area contributed by atoms with Crippen LogP contribution >= 0.6 is 0 Å². The van der Waals surface area contributed by atoms with E-state index in [4.69, 9.17) is 5.26 Å². The van der Waals surface area contributed by atoms with Crippen molar-refractivity contribution < 1.29 is 0 Å². The molecule has 118 valence electrons. The van der Waals surface area contributed by atoms with Gasteiger partial charge in [0, 0.05) is 5.57 Å². The summed E-state index contributed by atoms with van der Waals surface area (Å²) in [6, 6.07) is 3.58. The van der Waals surface area contributed by atoms with Crippen LogP contribution < -0.4 is 0 Å². The van der Waals surface area contributed by atoms with E-state index in [-0.39, 0.29) is 5.04 Å². The van der Waals surface area contributed by atoms with Gasteiger partial charge in [-0.15, -0.1) is 5.54 Å². The molecule has 0 aromatic carbocycles. The predicted octanol–water partition coefficient (Wildman–Crippen LogP) is 5.93. The smallest absolute Gasteiger partial charge is 0.138 e. The summed E-state index contributed by atoms with van der Waals surface area (Å²) < 4.78 is 0. The quantitative estimate of drug-likeness (QED) is 0.455. The Labute approximate surface area is 134 Å². The number of nitriles is 1. The van der Waals surface area contributed by atoms with Crippen molar-refractivity contribution in [3.8, 4) is 17.5 Å². The Morgan fingerprint density at radius 1 is 1.14 bits per heavy atom. The number of unbranched alkanes of at least 4 members (excludes halogenated alkanes) is 1. The monoisotopic (exact) mass is 319 g/mol. The van der Waals surface area contributed by atoms with Crippen molar-refractivity contribution in [1.29, 1.82) is 5.26 Å². The molecule has 3 heteroatoms. The third-order valence-electron chi connectivity index (χ3n) is 4.42. The summed E-state index contributed by atoms with van der Waals surface area (Å²) in [5.74, 6) is 3.39. The molecule has 0 aromatic rings. The molecule has 0 saturated heterocycles. The fraction of sp³-hybridized carbons (Fsp3) is 0.722. The van der Waals surface area contributed by atoms with Crippen molar-refractivity contribution in [2.45, 2.75) is 84.2 Å². The van der Waals surface area contributed by atoms with E-state index in [2.05, 4.69) is 77.1 Å². The standard InChI is InChI=1S/C18H33NSi2/c1-9-10-14-20(5,6)16-17(11-13-19)12-15-21(7,8)18(2,3)4/h16H,9-11,14H2,1-8H3/b17-16-. The first-order valence-corrected chi connectivity index (χ1v) is 14.4. The number of allylic oxidation sites excluding steroid dienone is 1. The molecule has 0 fully saturated rings. The van der Waals surface area contributed by atoms with Crippen molar-refractivity contribution in [2.75, 3.05) is 0 Å². The second kappa shape index (κ2) is 8.01. The summed E-state index contributed by atoms with van der Waals surface area (Å²) >= 11 is 0. The lowest BCUT2D eigenvalue weighted by molar-refractivity contribution is 0.731. The molecule has 0 N–H and O–H groups in total. The van der Waals surface area contributed by atoms with Crippen LogP contribution in [-0.4, -0.2) is 16.1 Å². The highest BCUT2D eigenvalue weighted by Crippen LogP contribution is 2.35. The van der Waals surface area contributed by atoms with Gasteiger partial charge in [0.15, 0.2) is 0 Å². The average Bonchev–Trinajstić information content (AvgIpc) is 2.32. The Kier molecular flexibility index (Phi) is 7.72. The Hall–Kier alpha value is -0.776. The minimum absolute atomic E-state index is 0.271. The first-order valence-electron chi connectivity index (χ1n) is 8.07. The second-order valence-corrected chi connectivity index (χ2v) is 18.0. The predicted molar refractivity (Wildman–Crippen MR) is 100 cm³/mol. The molecule has 0 radical (unpaired) electrons. The van der Waals surface area contributed by atoms with Crippen molar-refractivity contribution in [3.63, 3.8) is 0 Å². The van der Waals surface area contributed by atoms with E-state index in [1.165, 1.54) is 18.9 Å². The highest BCUT2D eigenvalue weighted by atomic mass is 28.3. The molecule has 0 aromatic heterocycles. The normalized spacial score (nSPS) is 13.4. The maximum absolute atomic E-state index is 9.07. The molecule has 0 aliphatic rings. The number of hydrogen-bond donors (Lipinski definition) is 0. The summed E-state index contributed by atoms with van der Waals surface area (Å²) in [5, 5.41) is 9.34. The molecule has 0 amide bonds. The Bertz CT molecular complexity index is 462. The zero-order valence-electron chi connectivity index (χ0n) is 15.4. The van der Waals surface area contributed by atoms with Crippen LogP contribution in [0, 0.1) is 22.8 Å². The summed E-state index contributed by atoms with van der Waals surface area (Å²) in [7, 11) is -2.96. The van der Waals surface area contributed by atoms with E-state index in [0.717, 1.165) is 5.57 Å². The van der Waals surface area contributed by atoms with Gasteiger partial charge in [-0.05, 0) is 5.04 Å². The van der Waals surface area contributed by atoms with Crippen LogP contribution in [0.2, 0.25) is 37.3 Å². The molecule has 0 aliphatic carbocycles. The maximum atomic E-state index is 9.07. The molecular weight excluding hydrogens is 286 g/mol. The maximum Gasteiger partial charge on any atom is 0.138 e. The fourth-order valence-electron chi connectivity index (χ4n) is 1.82. The third kappa shape index (κ3) is 7.69. The molecule has 0 spiro atoms. The van der Waals surface area contributed by atoms with E-state index >= 15 is 0 Å². The molecule has 0 rings (SSSR count). The van der Waals surface area contributed by atoms with Crippen LogP contribution in [0.5, 0.6) is 0 Å². The van der Waals surface area contributed by atoms with Crippen molar-refractivity contribution in [1.82, 2.24) is 0 Å². The van der Waals surface area contributed by atoms with Crippen LogP contribution in [-0.2, 0) is 0 Å². The van der Waals surface area contributed by atoms with Crippen LogP contribution in [0.3, 0.4) is 0 Å². The minimum Gasteiger partial charge on any atom is -0.198 e. The third-order valence-corrected chi connectivity index (χ3v) is 11.7. The molecular formula is C18H33NSi2. The first kappa shape index (κ1) is 20.2. The molecule has 0 bridgehead atoms. The average molecular weight is 320 g/mol. The van der Waals surface area contributed by atoms with Gasteiger partial charge in [0.25, 0.3) is 0 Å². The van der Waals surface area contributed by atoms with Gasteiger partial charge in [-0.1, -0.05) is 84.4 Å². The lowest BCUT2D eigenvalue weighted by Gasteiger charge is -2.31. The number of hydrogen-bond acceptors (Lipinski definition) is 1. The lowest BCUT2D eigenvalue weighted by Crippen LogP contribution is -2.35. The summed E-state index contributed by atoms with van der Waals surface area (Å²) in [5.41, 5.74) is 6.99. The minimum atomic E-state index is -1.59. The Morgan fingerprint density at radius 2 is 1.71 bits per heavy atom. The molecule has 21 heavy (non-hydrogen) atoms. The number of nitrogens with zero attached hydrogens (tertiary/aromatic N) is 1. The van der Waals surface area contributed by atoms with Crippen molar-refractivity contribution in [2.24, 2.45) is 0 Å². The SMILES string of the molecule is CCCC[Si](C)(C)/C=C(\C#C[Si](C)(C)C(C)(C)C)CC#N. The van der Waals surface area contributed by atoms with Gasteiger partial charge >= 0.3 is 0 Å². The highest BCUT2D eigenvalue weighted by molar-refractivity contribution is 6.87. The van der Waals surface area contributed by atoms with Crippen LogP contribution in [0.4, 0.5) is 0 Å². The van der Waals surface area contributed by atoms with Gasteiger partial charge < -0.3 is 0 Å². The van der Waals surface area contributed by atoms with Gasteiger partial charge in [0.1, 0.15) is 8.07 Å².